The highest BCUT2D eigenvalue weighted by atomic mass is 19.4. The highest BCUT2D eigenvalue weighted by Crippen LogP contribution is 2.32. The Kier molecular flexibility index (Phi) is 4.85. The molecule has 0 aliphatic carbocycles. The van der Waals surface area contributed by atoms with Crippen molar-refractivity contribution in [3.05, 3.63) is 0 Å². The molecule has 0 amide bonds. The first kappa shape index (κ1) is 14.5. The van der Waals surface area contributed by atoms with Crippen LogP contribution in [0.25, 0.3) is 0 Å². The predicted octanol–water partition coefficient (Wildman–Crippen LogP) is 2.53. The molecule has 0 radical (unpaired) electrons. The summed E-state index contributed by atoms with van der Waals surface area (Å²) in [5.41, 5.74) is 0. The summed E-state index contributed by atoms with van der Waals surface area (Å²) in [6.07, 6.45) is -15.9. The normalized spacial score (nSPS) is 17.6. The maximum atomic E-state index is 12.1. The van der Waals surface area contributed by atoms with Gasteiger partial charge in [0.05, 0.1) is 0 Å². The van der Waals surface area contributed by atoms with Crippen molar-refractivity contribution in [1.82, 2.24) is 0 Å². The van der Waals surface area contributed by atoms with E-state index in [2.05, 4.69) is 9.47 Å². The molecule has 15 heavy (non-hydrogen) atoms. The number of rotatable bonds is 4. The van der Waals surface area contributed by atoms with Crippen molar-refractivity contribution in [1.29, 1.82) is 0 Å². The molecular weight excluding hydrogens is 230 g/mol. The van der Waals surface area contributed by atoms with Crippen molar-refractivity contribution in [2.24, 2.45) is 0 Å². The van der Waals surface area contributed by atoms with E-state index in [1.165, 1.54) is 0 Å². The third kappa shape index (κ3) is 4.70. The first-order chi connectivity index (χ1) is 6.62. The van der Waals surface area contributed by atoms with E-state index in [0.717, 1.165) is 0 Å². The first-order valence-electron chi connectivity index (χ1n) is 3.82. The molecule has 0 aromatic heterocycles. The second-order valence-electron chi connectivity index (χ2n) is 2.77. The van der Waals surface area contributed by atoms with E-state index in [1.807, 2.05) is 0 Å². The Morgan fingerprint density at radius 3 is 1.20 bits per heavy atom. The number of ether oxygens (including phenoxy) is 2. The molecule has 0 bridgehead atoms. The minimum atomic E-state index is -4.84. The molecule has 0 rings (SSSR count). The van der Waals surface area contributed by atoms with E-state index in [0.29, 0.717) is 14.2 Å². The van der Waals surface area contributed by atoms with E-state index < -0.39 is 31.0 Å². The fourth-order valence-corrected chi connectivity index (χ4v) is 0.921. The fourth-order valence-electron chi connectivity index (χ4n) is 0.921. The van der Waals surface area contributed by atoms with E-state index in [-0.39, 0.29) is 0 Å². The minimum absolute atomic E-state index is 0.696. The van der Waals surface area contributed by atoms with Crippen molar-refractivity contribution in [2.45, 2.75) is 31.0 Å². The standard InChI is InChI=1S/C7H10F6O2/c1-14-4(6(8,9)10)3-5(15-2)7(11,12)13/h4-5H,3H2,1-2H3. The van der Waals surface area contributed by atoms with E-state index >= 15 is 0 Å². The van der Waals surface area contributed by atoms with Crippen LogP contribution in [-0.4, -0.2) is 38.8 Å². The molecule has 2 atom stereocenters. The van der Waals surface area contributed by atoms with Crippen LogP contribution >= 0.6 is 0 Å². The zero-order valence-corrected chi connectivity index (χ0v) is 7.95. The molecule has 0 aliphatic rings. The third-order valence-electron chi connectivity index (χ3n) is 1.73. The zero-order valence-electron chi connectivity index (χ0n) is 7.95. The molecule has 2 unspecified atom stereocenters. The number of hydrogen-bond acceptors (Lipinski definition) is 2. The Morgan fingerprint density at radius 1 is 0.800 bits per heavy atom. The lowest BCUT2D eigenvalue weighted by molar-refractivity contribution is -0.254. The number of halogens is 6. The summed E-state index contributed by atoms with van der Waals surface area (Å²) in [6, 6.07) is 0. The van der Waals surface area contributed by atoms with E-state index in [9.17, 15) is 26.3 Å². The van der Waals surface area contributed by atoms with Crippen LogP contribution in [-0.2, 0) is 9.47 Å². The molecule has 0 heterocycles. The molecule has 0 aromatic rings. The van der Waals surface area contributed by atoms with E-state index in [4.69, 9.17) is 0 Å². The Morgan fingerprint density at radius 2 is 1.07 bits per heavy atom. The van der Waals surface area contributed by atoms with Gasteiger partial charge in [0, 0.05) is 20.6 Å². The van der Waals surface area contributed by atoms with Crippen molar-refractivity contribution in [3.8, 4) is 0 Å². The Hall–Kier alpha value is -0.500. The first-order valence-corrected chi connectivity index (χ1v) is 3.82. The summed E-state index contributed by atoms with van der Waals surface area (Å²) in [4.78, 5) is 0. The summed E-state index contributed by atoms with van der Waals surface area (Å²) in [7, 11) is 1.39. The van der Waals surface area contributed by atoms with Crippen molar-refractivity contribution in [3.63, 3.8) is 0 Å². The molecule has 0 spiro atoms. The summed E-state index contributed by atoms with van der Waals surface area (Å²) in [5.74, 6) is 0. The van der Waals surface area contributed by atoms with Crippen molar-refractivity contribution in [2.75, 3.05) is 14.2 Å². The summed E-state index contributed by atoms with van der Waals surface area (Å²) in [6.45, 7) is 0. The topological polar surface area (TPSA) is 18.5 Å². The van der Waals surface area contributed by atoms with Crippen LogP contribution in [0.5, 0.6) is 0 Å². The highest BCUT2D eigenvalue weighted by molar-refractivity contribution is 4.77. The maximum absolute atomic E-state index is 12.1. The molecule has 0 N–H and O–H groups in total. The van der Waals surface area contributed by atoms with Gasteiger partial charge < -0.3 is 9.47 Å². The number of hydrogen-bond donors (Lipinski definition) is 0. The van der Waals surface area contributed by atoms with Gasteiger partial charge in [-0.05, 0) is 0 Å². The molecule has 2 nitrogen and oxygen atoms in total. The van der Waals surface area contributed by atoms with Crippen LogP contribution in [0.15, 0.2) is 0 Å². The highest BCUT2D eigenvalue weighted by Gasteiger charge is 2.48. The van der Waals surface area contributed by atoms with Gasteiger partial charge in [-0.15, -0.1) is 0 Å². The average Bonchev–Trinajstić information content (AvgIpc) is 2.01. The lowest BCUT2D eigenvalue weighted by Gasteiger charge is -2.24. The Bertz CT molecular complexity index is 167. The van der Waals surface area contributed by atoms with Crippen LogP contribution in [0, 0.1) is 0 Å². The Balaban J connectivity index is 4.52. The molecule has 0 aromatic carbocycles. The van der Waals surface area contributed by atoms with Gasteiger partial charge in [-0.1, -0.05) is 0 Å². The molecule has 0 aliphatic heterocycles. The second kappa shape index (κ2) is 5.02. The summed E-state index contributed by atoms with van der Waals surface area (Å²) < 4.78 is 80.2. The lowest BCUT2D eigenvalue weighted by atomic mass is 10.1. The molecular formula is C7H10F6O2. The molecule has 8 heteroatoms. The fraction of sp³-hybridized carbons (Fsp3) is 1.00. The predicted molar refractivity (Wildman–Crippen MR) is 38.3 cm³/mol. The van der Waals surface area contributed by atoms with Gasteiger partial charge in [0.25, 0.3) is 0 Å². The van der Waals surface area contributed by atoms with Crippen molar-refractivity contribution >= 4 is 0 Å². The average molecular weight is 240 g/mol. The lowest BCUT2D eigenvalue weighted by Crippen LogP contribution is -2.40. The maximum Gasteiger partial charge on any atom is 0.414 e. The van der Waals surface area contributed by atoms with Gasteiger partial charge in [0.15, 0.2) is 12.2 Å². The molecule has 0 saturated carbocycles. The number of alkyl halides is 6. The molecule has 0 saturated heterocycles. The van der Waals surface area contributed by atoms with Gasteiger partial charge in [0.2, 0.25) is 0 Å². The van der Waals surface area contributed by atoms with Gasteiger partial charge in [-0.2, -0.15) is 26.3 Å². The summed E-state index contributed by atoms with van der Waals surface area (Å²) >= 11 is 0. The molecule has 92 valence electrons. The van der Waals surface area contributed by atoms with Crippen molar-refractivity contribution < 1.29 is 35.8 Å². The monoisotopic (exact) mass is 240 g/mol. The van der Waals surface area contributed by atoms with Gasteiger partial charge in [-0.25, -0.2) is 0 Å². The second-order valence-corrected chi connectivity index (χ2v) is 2.77. The van der Waals surface area contributed by atoms with Gasteiger partial charge in [-0.3, -0.25) is 0 Å². The van der Waals surface area contributed by atoms with Gasteiger partial charge >= 0.3 is 12.4 Å². The van der Waals surface area contributed by atoms with Gasteiger partial charge in [0.1, 0.15) is 0 Å². The van der Waals surface area contributed by atoms with Crippen LogP contribution in [0.4, 0.5) is 26.3 Å². The minimum Gasteiger partial charge on any atom is -0.372 e. The largest absolute Gasteiger partial charge is 0.414 e. The smallest absolute Gasteiger partial charge is 0.372 e. The summed E-state index contributed by atoms with van der Waals surface area (Å²) in [5, 5.41) is 0. The van der Waals surface area contributed by atoms with Crippen LogP contribution in [0.2, 0.25) is 0 Å². The van der Waals surface area contributed by atoms with Crippen LogP contribution in [0.1, 0.15) is 6.42 Å². The van der Waals surface area contributed by atoms with Crippen LogP contribution in [0.3, 0.4) is 0 Å². The Labute approximate surface area is 82.1 Å². The number of methoxy groups -OCH3 is 2. The van der Waals surface area contributed by atoms with E-state index in [1.54, 1.807) is 0 Å². The third-order valence-corrected chi connectivity index (χ3v) is 1.73. The quantitative estimate of drug-likeness (QED) is 0.703. The zero-order chi connectivity index (χ0) is 12.3. The molecule has 0 fully saturated rings. The SMILES string of the molecule is COC(CC(OC)C(F)(F)F)C(F)(F)F. The van der Waals surface area contributed by atoms with Crippen LogP contribution < -0.4 is 0 Å².